The Morgan fingerprint density at radius 3 is 2.89 bits per heavy atom. The van der Waals surface area contributed by atoms with Crippen molar-refractivity contribution in [3.05, 3.63) is 59.9 Å². The SMILES string of the molecule is CCC1(C(=O)O)C=CC2=COc3ccccc3C2=C1. The molecule has 1 aliphatic heterocycles. The third kappa shape index (κ3) is 1.70. The van der Waals surface area contributed by atoms with Crippen molar-refractivity contribution >= 4 is 11.5 Å². The van der Waals surface area contributed by atoms with Crippen molar-refractivity contribution < 1.29 is 14.6 Å². The van der Waals surface area contributed by atoms with Gasteiger partial charge in [-0.3, -0.25) is 4.79 Å². The van der Waals surface area contributed by atoms with Gasteiger partial charge in [0, 0.05) is 11.1 Å². The molecular formula is C16H14O3. The maximum atomic E-state index is 11.5. The summed E-state index contributed by atoms with van der Waals surface area (Å²) in [6.07, 6.45) is 7.61. The van der Waals surface area contributed by atoms with Gasteiger partial charge in [0.1, 0.15) is 11.2 Å². The zero-order valence-electron chi connectivity index (χ0n) is 10.6. The van der Waals surface area contributed by atoms with Gasteiger partial charge in [-0.25, -0.2) is 0 Å². The van der Waals surface area contributed by atoms with E-state index in [1.807, 2.05) is 43.3 Å². The molecule has 1 heterocycles. The van der Waals surface area contributed by atoms with Gasteiger partial charge >= 0.3 is 5.97 Å². The van der Waals surface area contributed by atoms with Crippen molar-refractivity contribution in [1.29, 1.82) is 0 Å². The summed E-state index contributed by atoms with van der Waals surface area (Å²) < 4.78 is 5.55. The first-order valence-electron chi connectivity index (χ1n) is 6.28. The summed E-state index contributed by atoms with van der Waals surface area (Å²) in [5.74, 6) is -0.0510. The van der Waals surface area contributed by atoms with E-state index in [1.54, 1.807) is 12.3 Å². The molecule has 0 bridgehead atoms. The lowest BCUT2D eigenvalue weighted by atomic mass is 9.76. The zero-order chi connectivity index (χ0) is 13.5. The summed E-state index contributed by atoms with van der Waals surface area (Å²) in [7, 11) is 0. The standard InChI is InChI=1S/C16H14O3/c1-2-16(15(17)18)8-7-11-10-19-14-6-4-3-5-12(14)13(11)9-16/h3-10H,2H2,1H3,(H,17,18). The molecule has 1 atom stereocenters. The largest absolute Gasteiger partial charge is 0.480 e. The van der Waals surface area contributed by atoms with Gasteiger partial charge in [-0.1, -0.05) is 43.4 Å². The number of ether oxygens (including phenoxy) is 1. The lowest BCUT2D eigenvalue weighted by molar-refractivity contribution is -0.143. The van der Waals surface area contributed by atoms with Gasteiger partial charge in [0.25, 0.3) is 0 Å². The summed E-state index contributed by atoms with van der Waals surface area (Å²) in [6, 6.07) is 7.67. The van der Waals surface area contributed by atoms with Gasteiger partial charge in [-0.2, -0.15) is 0 Å². The van der Waals surface area contributed by atoms with E-state index in [0.29, 0.717) is 6.42 Å². The third-order valence-corrected chi connectivity index (χ3v) is 3.75. The highest BCUT2D eigenvalue weighted by Crippen LogP contribution is 2.43. The summed E-state index contributed by atoms with van der Waals surface area (Å²) in [5.41, 5.74) is 1.89. The third-order valence-electron chi connectivity index (χ3n) is 3.75. The van der Waals surface area contributed by atoms with Crippen LogP contribution in [0.5, 0.6) is 5.75 Å². The summed E-state index contributed by atoms with van der Waals surface area (Å²) >= 11 is 0. The van der Waals surface area contributed by atoms with Crippen LogP contribution in [0.4, 0.5) is 0 Å². The normalized spacial score (nSPS) is 23.6. The van der Waals surface area contributed by atoms with Gasteiger partial charge in [0.2, 0.25) is 0 Å². The molecule has 0 aromatic heterocycles. The van der Waals surface area contributed by atoms with Crippen LogP contribution in [0.2, 0.25) is 0 Å². The van der Waals surface area contributed by atoms with Gasteiger partial charge in [0.15, 0.2) is 0 Å². The molecule has 0 fully saturated rings. The Morgan fingerprint density at radius 2 is 2.16 bits per heavy atom. The zero-order valence-corrected chi connectivity index (χ0v) is 10.6. The number of fused-ring (bicyclic) bond motifs is 3. The van der Waals surface area contributed by atoms with Crippen molar-refractivity contribution in [2.45, 2.75) is 13.3 Å². The highest BCUT2D eigenvalue weighted by Gasteiger charge is 2.36. The average Bonchev–Trinajstić information content (AvgIpc) is 2.46. The van der Waals surface area contributed by atoms with Crippen LogP contribution in [0, 0.1) is 5.41 Å². The Kier molecular flexibility index (Phi) is 2.56. The minimum absolute atomic E-state index is 0.526. The van der Waals surface area contributed by atoms with Crippen LogP contribution in [-0.2, 0) is 4.79 Å². The number of carboxylic acid groups (broad SMARTS) is 1. The molecule has 1 aliphatic carbocycles. The first-order chi connectivity index (χ1) is 9.16. The molecule has 3 nitrogen and oxygen atoms in total. The predicted octanol–water partition coefficient (Wildman–Crippen LogP) is 3.40. The van der Waals surface area contributed by atoms with Crippen LogP contribution in [0.3, 0.4) is 0 Å². The Bertz CT molecular complexity index is 637. The molecule has 1 unspecified atom stereocenters. The topological polar surface area (TPSA) is 46.5 Å². The molecule has 1 N–H and O–H groups in total. The fraction of sp³-hybridized carbons (Fsp3) is 0.188. The van der Waals surface area contributed by atoms with Crippen LogP contribution < -0.4 is 4.74 Å². The second-order valence-electron chi connectivity index (χ2n) is 4.78. The van der Waals surface area contributed by atoms with Crippen molar-refractivity contribution in [3.63, 3.8) is 0 Å². The quantitative estimate of drug-likeness (QED) is 0.879. The fourth-order valence-electron chi connectivity index (χ4n) is 2.48. The molecule has 0 amide bonds. The number of carboxylic acids is 1. The van der Waals surface area contributed by atoms with Crippen LogP contribution >= 0.6 is 0 Å². The molecule has 1 aromatic rings. The van der Waals surface area contributed by atoms with Gasteiger partial charge in [-0.05, 0) is 18.1 Å². The van der Waals surface area contributed by atoms with E-state index in [0.717, 1.165) is 22.5 Å². The summed E-state index contributed by atoms with van der Waals surface area (Å²) in [5, 5.41) is 9.48. The minimum Gasteiger partial charge on any atom is -0.480 e. The highest BCUT2D eigenvalue weighted by atomic mass is 16.5. The molecular weight excluding hydrogens is 240 g/mol. The van der Waals surface area contributed by atoms with Crippen molar-refractivity contribution in [3.8, 4) is 5.75 Å². The van der Waals surface area contributed by atoms with E-state index < -0.39 is 11.4 Å². The lowest BCUT2D eigenvalue weighted by Crippen LogP contribution is -2.28. The number of para-hydroxylation sites is 1. The van der Waals surface area contributed by atoms with E-state index in [9.17, 15) is 9.90 Å². The first kappa shape index (κ1) is 11.8. The molecule has 0 spiro atoms. The van der Waals surface area contributed by atoms with Crippen molar-refractivity contribution in [2.75, 3.05) is 0 Å². The second-order valence-corrected chi connectivity index (χ2v) is 4.78. The first-order valence-corrected chi connectivity index (χ1v) is 6.28. The molecule has 0 radical (unpaired) electrons. The van der Waals surface area contributed by atoms with Crippen LogP contribution in [0.1, 0.15) is 18.9 Å². The summed E-state index contributed by atoms with van der Waals surface area (Å²) in [4.78, 5) is 11.5. The number of aliphatic carboxylic acids is 1. The Hall–Kier alpha value is -2.29. The predicted molar refractivity (Wildman–Crippen MR) is 72.6 cm³/mol. The van der Waals surface area contributed by atoms with Crippen LogP contribution in [0.15, 0.2) is 54.3 Å². The number of hydrogen-bond acceptors (Lipinski definition) is 2. The fourth-order valence-corrected chi connectivity index (χ4v) is 2.48. The minimum atomic E-state index is -0.920. The Balaban J connectivity index is 2.18. The molecule has 19 heavy (non-hydrogen) atoms. The number of carbonyl (C=O) groups is 1. The summed E-state index contributed by atoms with van der Waals surface area (Å²) in [6.45, 7) is 1.88. The maximum absolute atomic E-state index is 11.5. The van der Waals surface area contributed by atoms with E-state index >= 15 is 0 Å². The van der Waals surface area contributed by atoms with Gasteiger partial charge < -0.3 is 9.84 Å². The lowest BCUT2D eigenvalue weighted by Gasteiger charge is -2.29. The van der Waals surface area contributed by atoms with Crippen LogP contribution in [0.25, 0.3) is 5.57 Å². The number of allylic oxidation sites excluding steroid dienone is 3. The molecule has 0 saturated heterocycles. The van der Waals surface area contributed by atoms with Crippen molar-refractivity contribution in [2.24, 2.45) is 5.41 Å². The molecule has 2 aliphatic rings. The average molecular weight is 254 g/mol. The van der Waals surface area contributed by atoms with Crippen LogP contribution in [-0.4, -0.2) is 11.1 Å². The molecule has 3 heteroatoms. The monoisotopic (exact) mass is 254 g/mol. The molecule has 96 valence electrons. The molecule has 3 rings (SSSR count). The number of benzene rings is 1. The van der Waals surface area contributed by atoms with E-state index in [2.05, 4.69) is 0 Å². The van der Waals surface area contributed by atoms with E-state index in [1.165, 1.54) is 0 Å². The Labute approximate surface area is 111 Å². The van der Waals surface area contributed by atoms with Gasteiger partial charge in [-0.15, -0.1) is 0 Å². The highest BCUT2D eigenvalue weighted by molar-refractivity contribution is 5.93. The molecule has 0 saturated carbocycles. The number of hydrogen-bond donors (Lipinski definition) is 1. The molecule has 1 aromatic carbocycles. The second kappa shape index (κ2) is 4.12. The van der Waals surface area contributed by atoms with Gasteiger partial charge in [0.05, 0.1) is 6.26 Å². The van der Waals surface area contributed by atoms with E-state index in [-0.39, 0.29) is 0 Å². The van der Waals surface area contributed by atoms with Crippen molar-refractivity contribution in [1.82, 2.24) is 0 Å². The van der Waals surface area contributed by atoms with E-state index in [4.69, 9.17) is 4.74 Å². The Morgan fingerprint density at radius 1 is 1.37 bits per heavy atom. The maximum Gasteiger partial charge on any atom is 0.317 e. The number of rotatable bonds is 2. The smallest absolute Gasteiger partial charge is 0.317 e.